The van der Waals surface area contributed by atoms with Gasteiger partial charge in [0, 0.05) is 5.56 Å². The third-order valence-electron chi connectivity index (χ3n) is 3.39. The van der Waals surface area contributed by atoms with Crippen molar-refractivity contribution in [2.45, 2.75) is 33.2 Å². The molecule has 0 unspecified atom stereocenters. The molecule has 3 N–H and O–H groups in total. The number of aryl methyl sites for hydroxylation is 1. The molecule has 0 fully saturated rings. The van der Waals surface area contributed by atoms with E-state index in [4.69, 9.17) is 10.2 Å². The van der Waals surface area contributed by atoms with Crippen molar-refractivity contribution in [3.05, 3.63) is 41.8 Å². The van der Waals surface area contributed by atoms with Crippen molar-refractivity contribution in [3.63, 3.8) is 0 Å². The van der Waals surface area contributed by atoms with E-state index >= 15 is 0 Å². The van der Waals surface area contributed by atoms with E-state index in [2.05, 4.69) is 10.3 Å². The summed E-state index contributed by atoms with van der Waals surface area (Å²) in [6.07, 6.45) is 0.476. The number of primary amides is 1. The van der Waals surface area contributed by atoms with Crippen LogP contribution in [0.4, 0.5) is 0 Å². The molecule has 0 saturated carbocycles. The van der Waals surface area contributed by atoms with E-state index in [-0.39, 0.29) is 11.6 Å². The lowest BCUT2D eigenvalue weighted by Gasteiger charge is -2.16. The zero-order chi connectivity index (χ0) is 17.0. The average Bonchev–Trinajstić information content (AvgIpc) is 2.89. The fourth-order valence-electron chi connectivity index (χ4n) is 2.26. The SMILES string of the molecule is Cc1oc(-c2ccccc2)nc1C(=O)N[C@@H](CC(C)C)C(N)=O. The Kier molecular flexibility index (Phi) is 5.16. The quantitative estimate of drug-likeness (QED) is 0.854. The Labute approximate surface area is 135 Å². The van der Waals surface area contributed by atoms with Crippen LogP contribution in [0.5, 0.6) is 0 Å². The number of nitrogens with one attached hydrogen (secondary N) is 1. The maximum Gasteiger partial charge on any atom is 0.274 e. The molecular weight excluding hydrogens is 294 g/mol. The molecule has 2 aromatic rings. The number of nitrogens with two attached hydrogens (primary N) is 1. The van der Waals surface area contributed by atoms with Crippen molar-refractivity contribution in [2.24, 2.45) is 11.7 Å². The summed E-state index contributed by atoms with van der Waals surface area (Å²) in [5.74, 6) is -0.0256. The molecule has 2 amide bonds. The van der Waals surface area contributed by atoms with Gasteiger partial charge in [-0.3, -0.25) is 9.59 Å². The van der Waals surface area contributed by atoms with Crippen LogP contribution in [-0.2, 0) is 4.79 Å². The molecule has 0 aliphatic heterocycles. The van der Waals surface area contributed by atoms with Crippen LogP contribution in [0.25, 0.3) is 11.5 Å². The van der Waals surface area contributed by atoms with Gasteiger partial charge in [-0.25, -0.2) is 4.98 Å². The number of nitrogens with zero attached hydrogens (tertiary/aromatic N) is 1. The molecule has 0 saturated heterocycles. The lowest BCUT2D eigenvalue weighted by Crippen LogP contribution is -2.45. The summed E-state index contributed by atoms with van der Waals surface area (Å²) in [5, 5.41) is 2.63. The van der Waals surface area contributed by atoms with E-state index in [1.54, 1.807) is 6.92 Å². The summed E-state index contributed by atoms with van der Waals surface area (Å²) in [6.45, 7) is 5.57. The van der Waals surface area contributed by atoms with Crippen LogP contribution < -0.4 is 11.1 Å². The number of aromatic nitrogens is 1. The molecule has 0 radical (unpaired) electrons. The highest BCUT2D eigenvalue weighted by Crippen LogP contribution is 2.21. The van der Waals surface area contributed by atoms with Gasteiger partial charge in [0.2, 0.25) is 11.8 Å². The van der Waals surface area contributed by atoms with Crippen LogP contribution in [0.2, 0.25) is 0 Å². The summed E-state index contributed by atoms with van der Waals surface area (Å²) in [7, 11) is 0. The first-order valence-corrected chi connectivity index (χ1v) is 7.51. The first-order chi connectivity index (χ1) is 10.9. The van der Waals surface area contributed by atoms with Crippen molar-refractivity contribution < 1.29 is 14.0 Å². The van der Waals surface area contributed by atoms with Crippen LogP contribution in [0.3, 0.4) is 0 Å². The molecule has 6 heteroatoms. The lowest BCUT2D eigenvalue weighted by atomic mass is 10.0. The number of hydrogen-bond donors (Lipinski definition) is 2. The molecule has 1 atom stereocenters. The van der Waals surface area contributed by atoms with Crippen molar-refractivity contribution in [3.8, 4) is 11.5 Å². The summed E-state index contributed by atoms with van der Waals surface area (Å²) in [5.41, 5.74) is 6.29. The third kappa shape index (κ3) is 4.18. The molecule has 0 spiro atoms. The molecule has 0 bridgehead atoms. The Morgan fingerprint density at radius 2 is 1.91 bits per heavy atom. The lowest BCUT2D eigenvalue weighted by molar-refractivity contribution is -0.120. The third-order valence-corrected chi connectivity index (χ3v) is 3.39. The van der Waals surface area contributed by atoms with Gasteiger partial charge >= 0.3 is 0 Å². The highest BCUT2D eigenvalue weighted by Gasteiger charge is 2.24. The van der Waals surface area contributed by atoms with Crippen molar-refractivity contribution in [1.29, 1.82) is 0 Å². The Balaban J connectivity index is 2.19. The molecule has 122 valence electrons. The Morgan fingerprint density at radius 1 is 1.26 bits per heavy atom. The first-order valence-electron chi connectivity index (χ1n) is 7.51. The highest BCUT2D eigenvalue weighted by atomic mass is 16.4. The van der Waals surface area contributed by atoms with Crippen molar-refractivity contribution in [1.82, 2.24) is 10.3 Å². The van der Waals surface area contributed by atoms with E-state index < -0.39 is 17.9 Å². The average molecular weight is 315 g/mol. The molecule has 1 heterocycles. The first kappa shape index (κ1) is 16.7. The molecule has 0 aliphatic rings. The van der Waals surface area contributed by atoms with E-state index in [1.807, 2.05) is 44.2 Å². The van der Waals surface area contributed by atoms with Crippen LogP contribution in [0, 0.1) is 12.8 Å². The van der Waals surface area contributed by atoms with Crippen LogP contribution in [-0.4, -0.2) is 22.8 Å². The number of hydrogen-bond acceptors (Lipinski definition) is 4. The fourth-order valence-corrected chi connectivity index (χ4v) is 2.26. The van der Waals surface area contributed by atoms with E-state index in [1.165, 1.54) is 0 Å². The Hall–Kier alpha value is -2.63. The number of carbonyl (C=O) groups excluding carboxylic acids is 2. The summed E-state index contributed by atoms with van der Waals surface area (Å²) >= 11 is 0. The topological polar surface area (TPSA) is 98.2 Å². The van der Waals surface area contributed by atoms with Gasteiger partial charge in [-0.15, -0.1) is 0 Å². The van der Waals surface area contributed by atoms with Crippen LogP contribution in [0.1, 0.15) is 36.5 Å². The second-order valence-electron chi connectivity index (χ2n) is 5.85. The van der Waals surface area contributed by atoms with Crippen LogP contribution in [0.15, 0.2) is 34.7 Å². The molecule has 2 rings (SSSR count). The number of carbonyl (C=O) groups is 2. The van der Waals surface area contributed by atoms with Gasteiger partial charge in [0.05, 0.1) is 0 Å². The second kappa shape index (κ2) is 7.09. The molecule has 6 nitrogen and oxygen atoms in total. The summed E-state index contributed by atoms with van der Waals surface area (Å²) < 4.78 is 5.56. The van der Waals surface area contributed by atoms with Crippen molar-refractivity contribution >= 4 is 11.8 Å². The smallest absolute Gasteiger partial charge is 0.274 e. The second-order valence-corrected chi connectivity index (χ2v) is 5.85. The van der Waals surface area contributed by atoms with Crippen LogP contribution >= 0.6 is 0 Å². The fraction of sp³-hybridized carbons (Fsp3) is 0.353. The highest BCUT2D eigenvalue weighted by molar-refractivity contribution is 5.96. The number of rotatable bonds is 6. The van der Waals surface area contributed by atoms with Gasteiger partial charge < -0.3 is 15.5 Å². The normalized spacial score (nSPS) is 12.2. The predicted octanol–water partition coefficient (Wildman–Crippen LogP) is 2.28. The predicted molar refractivity (Wildman–Crippen MR) is 86.6 cm³/mol. The van der Waals surface area contributed by atoms with Gasteiger partial charge in [0.25, 0.3) is 5.91 Å². The maximum atomic E-state index is 12.4. The minimum absolute atomic E-state index is 0.166. The minimum atomic E-state index is -0.723. The Bertz CT molecular complexity index is 692. The molecule has 23 heavy (non-hydrogen) atoms. The molecule has 1 aromatic carbocycles. The van der Waals surface area contributed by atoms with Gasteiger partial charge in [0.15, 0.2) is 5.69 Å². The number of amides is 2. The Morgan fingerprint density at radius 3 is 2.48 bits per heavy atom. The van der Waals surface area contributed by atoms with Gasteiger partial charge in [0.1, 0.15) is 11.8 Å². The van der Waals surface area contributed by atoms with Crippen molar-refractivity contribution in [2.75, 3.05) is 0 Å². The van der Waals surface area contributed by atoms with Gasteiger partial charge in [-0.05, 0) is 31.4 Å². The van der Waals surface area contributed by atoms with Gasteiger partial charge in [-0.2, -0.15) is 0 Å². The largest absolute Gasteiger partial charge is 0.441 e. The number of benzene rings is 1. The van der Waals surface area contributed by atoms with E-state index in [0.29, 0.717) is 18.1 Å². The zero-order valence-corrected chi connectivity index (χ0v) is 13.5. The maximum absolute atomic E-state index is 12.4. The molecular formula is C17H21N3O3. The molecule has 1 aromatic heterocycles. The summed E-state index contributed by atoms with van der Waals surface area (Å²) in [4.78, 5) is 28.1. The minimum Gasteiger partial charge on any atom is -0.441 e. The molecule has 0 aliphatic carbocycles. The van der Waals surface area contributed by atoms with Gasteiger partial charge in [-0.1, -0.05) is 32.0 Å². The standard InChI is InChI=1S/C17H21N3O3/c1-10(2)9-13(15(18)21)19-16(22)14-11(3)23-17(20-14)12-7-5-4-6-8-12/h4-8,10,13H,9H2,1-3H3,(H2,18,21)(H,19,22)/t13-/m0/s1. The van der Waals surface area contributed by atoms with E-state index in [9.17, 15) is 9.59 Å². The van der Waals surface area contributed by atoms with E-state index in [0.717, 1.165) is 5.56 Å². The zero-order valence-electron chi connectivity index (χ0n) is 13.5. The summed E-state index contributed by atoms with van der Waals surface area (Å²) in [6, 6.07) is 8.58. The monoisotopic (exact) mass is 315 g/mol. The number of oxazole rings is 1.